The predicted octanol–water partition coefficient (Wildman–Crippen LogP) is 8.00. The normalized spacial score (nSPS) is 25.8. The molecule has 5 aromatic carbocycles. The van der Waals surface area contributed by atoms with Crippen LogP contribution in [0.5, 0.6) is 11.5 Å². The molecule has 448 valence electrons. The van der Waals surface area contributed by atoms with Crippen LogP contribution in [0.15, 0.2) is 151 Å². The number of ketones is 1. The lowest BCUT2D eigenvalue weighted by atomic mass is 9.44. The SMILES string of the molecule is CC(=O)O[C@H]1C(=O)[C@]2(C)C(OC(=O)Oc3ccc([N+](=O)[O-])cc3)C[C@H]3OC[C@@]3(OC(C)=O)[C@H]2[C@H](OC(=O)c2ccccc2)[C@]2(O)C[C@H](OC(=O)[C@H](OC(=O)Oc3ccc([N+](=O)[O-])cc3)[C@@H](NC(=O)c3ccccc3)c3ccccc3)C(C)=C1C2(C)C. The number of aliphatic hydroxyl groups is 1. The Labute approximate surface area is 489 Å². The molecule has 4 aliphatic rings. The number of nitrogens with one attached hydrogen (secondary N) is 1. The Hall–Kier alpha value is -9.88. The molecular weight excluding hydrogens is 1130 g/mol. The minimum Gasteiger partial charge on any atom is -0.455 e. The van der Waals surface area contributed by atoms with Crippen molar-refractivity contribution in [3.8, 4) is 11.5 Å². The molecule has 2 bridgehead atoms. The first-order chi connectivity index (χ1) is 40.8. The van der Waals surface area contributed by atoms with Gasteiger partial charge in [0, 0.05) is 61.9 Å². The Morgan fingerprint density at radius 1 is 0.686 bits per heavy atom. The number of fused-ring (bicyclic) bond motifs is 5. The second kappa shape index (κ2) is 24.0. The van der Waals surface area contributed by atoms with E-state index in [1.807, 2.05) is 0 Å². The number of amides is 1. The smallest absolute Gasteiger partial charge is 0.455 e. The van der Waals surface area contributed by atoms with Gasteiger partial charge in [-0.1, -0.05) is 80.6 Å². The van der Waals surface area contributed by atoms with Crippen LogP contribution in [-0.4, -0.2) is 117 Å². The van der Waals surface area contributed by atoms with E-state index in [1.54, 1.807) is 42.5 Å². The van der Waals surface area contributed by atoms with Crippen molar-refractivity contribution in [3.63, 3.8) is 0 Å². The number of hydrogen-bond acceptors (Lipinski definition) is 22. The van der Waals surface area contributed by atoms with Gasteiger partial charge in [-0.05, 0) is 79.1 Å². The number of benzene rings is 5. The highest BCUT2D eigenvalue weighted by Crippen LogP contribution is 2.65. The first kappa shape index (κ1) is 60.7. The number of esters is 4. The quantitative estimate of drug-likeness (QED) is 0.0236. The zero-order valence-electron chi connectivity index (χ0n) is 46.9. The number of nitrogens with zero attached hydrogens (tertiary/aromatic N) is 2. The summed E-state index contributed by atoms with van der Waals surface area (Å²) < 4.78 is 54.0. The number of hydrogen-bond donors (Lipinski definition) is 2. The second-order valence-electron chi connectivity index (χ2n) is 21.7. The van der Waals surface area contributed by atoms with E-state index >= 15 is 9.59 Å². The van der Waals surface area contributed by atoms with Crippen LogP contribution in [0.4, 0.5) is 21.0 Å². The molecule has 86 heavy (non-hydrogen) atoms. The molecule has 0 spiro atoms. The fraction of sp³-hybridized carbons (Fsp3) is 0.344. The minimum absolute atomic E-state index is 0.0370. The zero-order chi connectivity index (χ0) is 62.0. The highest BCUT2D eigenvalue weighted by molar-refractivity contribution is 5.97. The van der Waals surface area contributed by atoms with Crippen LogP contribution in [0.25, 0.3) is 0 Å². The van der Waals surface area contributed by atoms with Crippen molar-refractivity contribution in [1.29, 1.82) is 0 Å². The number of rotatable bonds is 16. The number of carbonyl (C=O) groups excluding carboxylic acids is 8. The monoisotopic (exact) mass is 1180 g/mol. The van der Waals surface area contributed by atoms with Gasteiger partial charge in [0.25, 0.3) is 17.3 Å². The van der Waals surface area contributed by atoms with Crippen molar-refractivity contribution in [3.05, 3.63) is 188 Å². The summed E-state index contributed by atoms with van der Waals surface area (Å²) >= 11 is 0. The van der Waals surface area contributed by atoms with E-state index in [2.05, 4.69) is 5.32 Å². The van der Waals surface area contributed by atoms with Crippen molar-refractivity contribution >= 4 is 59.3 Å². The minimum atomic E-state index is -2.69. The number of non-ortho nitro benzene ring substituents is 2. The number of nitro groups is 2. The molecule has 5 aromatic rings. The molecule has 3 aliphatic carbocycles. The van der Waals surface area contributed by atoms with Crippen LogP contribution < -0.4 is 14.8 Å². The molecule has 9 rings (SSSR count). The van der Waals surface area contributed by atoms with Gasteiger partial charge in [0.15, 0.2) is 17.5 Å². The summed E-state index contributed by atoms with van der Waals surface area (Å²) in [5.74, 6) is -8.67. The maximum absolute atomic E-state index is 16.4. The Kier molecular flexibility index (Phi) is 16.9. The van der Waals surface area contributed by atoms with Gasteiger partial charge < -0.3 is 53.1 Å². The maximum atomic E-state index is 16.4. The predicted molar refractivity (Wildman–Crippen MR) is 294 cm³/mol. The summed E-state index contributed by atoms with van der Waals surface area (Å²) in [5, 5.41) is 39.9. The van der Waals surface area contributed by atoms with Crippen molar-refractivity contribution in [2.24, 2.45) is 16.7 Å². The van der Waals surface area contributed by atoms with Crippen molar-refractivity contribution in [1.82, 2.24) is 5.32 Å². The molecule has 25 nitrogen and oxygen atoms in total. The Balaban J connectivity index is 1.21. The van der Waals surface area contributed by atoms with Crippen LogP contribution in [0.1, 0.15) is 86.7 Å². The molecule has 2 saturated carbocycles. The average Bonchev–Trinajstić information content (AvgIpc) is 0.676. The van der Waals surface area contributed by atoms with E-state index in [9.17, 15) is 54.1 Å². The maximum Gasteiger partial charge on any atom is 0.514 e. The van der Waals surface area contributed by atoms with E-state index in [1.165, 1.54) is 76.2 Å². The fourth-order valence-electron chi connectivity index (χ4n) is 12.2. The molecule has 1 aliphatic heterocycles. The zero-order valence-corrected chi connectivity index (χ0v) is 46.9. The summed E-state index contributed by atoms with van der Waals surface area (Å²) in [4.78, 5) is 137. The fourth-order valence-corrected chi connectivity index (χ4v) is 12.2. The topological polar surface area (TPSA) is 338 Å². The third-order valence-electron chi connectivity index (χ3n) is 16.4. The largest absolute Gasteiger partial charge is 0.514 e. The van der Waals surface area contributed by atoms with Gasteiger partial charge in [-0.25, -0.2) is 19.2 Å². The summed E-state index contributed by atoms with van der Waals surface area (Å²) in [7, 11) is 0. The molecule has 11 atom stereocenters. The van der Waals surface area contributed by atoms with Crippen LogP contribution in [0.2, 0.25) is 0 Å². The molecule has 3 fully saturated rings. The summed E-state index contributed by atoms with van der Waals surface area (Å²) in [6.45, 7) is 7.15. The Morgan fingerprint density at radius 2 is 1.22 bits per heavy atom. The van der Waals surface area contributed by atoms with E-state index in [0.29, 0.717) is 0 Å². The standard InChI is InChI=1S/C61H57N3O22/c1-33-43(82-55(70)49(84-57(72)81-42-28-24-40(25-29-42)64(76)77)47(36-16-10-7-11-17-36)62-53(68)37-18-12-8-13-19-37)31-61(73)52(85-54(69)38-20-14-9-15-21-38)50-59(6,51(67)48(79-34(2)65)46(33)58(61,4)5)44(30-45-60(50,32-78-45)86-35(3)66)83-56(71)80-41-26-22-39(23-27-41)63(74)75/h7-29,43-45,47-50,52,73H,30-32H2,1-6H3,(H,62,68)/t43-,44?,45+,47-,48+,49+,50-,52-,59+,60-,61+/m0/s1. The van der Waals surface area contributed by atoms with Gasteiger partial charge in [0.05, 0.1) is 33.3 Å². The number of carbonyl (C=O) groups is 8. The van der Waals surface area contributed by atoms with Crippen LogP contribution in [0, 0.1) is 37.0 Å². The first-order valence-corrected chi connectivity index (χ1v) is 26.9. The highest BCUT2D eigenvalue weighted by Gasteiger charge is 2.79. The van der Waals surface area contributed by atoms with Gasteiger partial charge in [0.2, 0.25) is 6.10 Å². The third kappa shape index (κ3) is 11.6. The van der Waals surface area contributed by atoms with E-state index < -0.39 is 148 Å². The molecule has 0 radical (unpaired) electrons. The van der Waals surface area contributed by atoms with Gasteiger partial charge >= 0.3 is 36.2 Å². The number of nitro benzene ring substituents is 2. The number of Topliss-reactive ketones (excluding diaryl/α,β-unsaturated/α-hetero) is 1. The summed E-state index contributed by atoms with van der Waals surface area (Å²) in [6, 6.07) is 30.0. The molecule has 1 amide bonds. The van der Waals surface area contributed by atoms with Crippen molar-refractivity contribution in [2.75, 3.05) is 6.61 Å². The lowest BCUT2D eigenvalue weighted by Crippen LogP contribution is -2.82. The van der Waals surface area contributed by atoms with Gasteiger partial charge in [-0.3, -0.25) is 39.4 Å². The molecule has 1 saturated heterocycles. The lowest BCUT2D eigenvalue weighted by Gasteiger charge is -2.67. The molecule has 0 aromatic heterocycles. The molecule has 2 N–H and O–H groups in total. The van der Waals surface area contributed by atoms with Gasteiger partial charge in [-0.15, -0.1) is 0 Å². The van der Waals surface area contributed by atoms with E-state index in [-0.39, 0.29) is 50.7 Å². The number of ether oxygens (including phenoxy) is 9. The highest BCUT2D eigenvalue weighted by atomic mass is 16.7. The van der Waals surface area contributed by atoms with Gasteiger partial charge in [0.1, 0.15) is 47.6 Å². The van der Waals surface area contributed by atoms with E-state index in [4.69, 9.17) is 42.6 Å². The van der Waals surface area contributed by atoms with E-state index in [0.717, 1.165) is 62.4 Å². The molecule has 25 heteroatoms. The summed E-state index contributed by atoms with van der Waals surface area (Å²) in [5.41, 5.74) is -9.77. The lowest BCUT2D eigenvalue weighted by molar-refractivity contribution is -0.385. The van der Waals surface area contributed by atoms with Crippen LogP contribution in [0.3, 0.4) is 0 Å². The summed E-state index contributed by atoms with van der Waals surface area (Å²) in [6.07, 6.45) is -15.5. The Bertz CT molecular complexity index is 3520. The van der Waals surface area contributed by atoms with Crippen LogP contribution in [-0.2, 0) is 52.3 Å². The van der Waals surface area contributed by atoms with Crippen molar-refractivity contribution in [2.45, 2.75) is 108 Å². The molecule has 1 unspecified atom stereocenters. The Morgan fingerprint density at radius 3 is 1.73 bits per heavy atom. The molecule has 1 heterocycles. The van der Waals surface area contributed by atoms with Gasteiger partial charge in [-0.2, -0.15) is 0 Å². The third-order valence-corrected chi connectivity index (χ3v) is 16.4. The van der Waals surface area contributed by atoms with Crippen molar-refractivity contribution < 1.29 is 95.9 Å². The second-order valence-corrected chi connectivity index (χ2v) is 21.7. The molecular formula is C61H57N3O22. The average molecular weight is 1180 g/mol. The first-order valence-electron chi connectivity index (χ1n) is 26.9. The van der Waals surface area contributed by atoms with Crippen LogP contribution >= 0.6 is 0 Å².